The maximum atomic E-state index is 13.0. The Morgan fingerprint density at radius 3 is 2.28 bits per heavy atom. The van der Waals surface area contributed by atoms with Crippen LogP contribution < -0.4 is 5.32 Å². The Hall–Kier alpha value is -2.91. The summed E-state index contributed by atoms with van der Waals surface area (Å²) in [5.74, 6) is -2.87. The smallest absolute Gasteiger partial charge is 0.435 e. The van der Waals surface area contributed by atoms with E-state index in [1.54, 1.807) is 0 Å². The summed E-state index contributed by atoms with van der Waals surface area (Å²) >= 11 is 0. The van der Waals surface area contributed by atoms with Crippen molar-refractivity contribution in [3.63, 3.8) is 0 Å². The van der Waals surface area contributed by atoms with Crippen LogP contribution in [0.25, 0.3) is 0 Å². The molecule has 0 aliphatic rings. The standard InChI is InChI=1S/C15H13F4N3O3/c1-14(13(24)25,9-2-4-10(16)5-3-9)20-12(23)8-22-7-6-11(21-22)15(17,18)19/h2-7H,8H2,1H3,(H,20,23)(H,24,25). The molecule has 0 aliphatic heterocycles. The number of aliphatic carboxylic acids is 1. The minimum atomic E-state index is -4.65. The molecule has 2 aromatic rings. The van der Waals surface area contributed by atoms with E-state index in [9.17, 15) is 32.3 Å². The minimum absolute atomic E-state index is 0.103. The predicted molar refractivity (Wildman–Crippen MR) is 76.8 cm³/mol. The Labute approximate surface area is 139 Å². The lowest BCUT2D eigenvalue weighted by molar-refractivity contribution is -0.147. The molecule has 134 valence electrons. The second-order valence-corrected chi connectivity index (χ2v) is 5.38. The van der Waals surface area contributed by atoms with Gasteiger partial charge in [-0.05, 0) is 30.7 Å². The van der Waals surface area contributed by atoms with Crippen molar-refractivity contribution in [2.45, 2.75) is 25.2 Å². The summed E-state index contributed by atoms with van der Waals surface area (Å²) < 4.78 is 51.2. The largest absolute Gasteiger partial charge is 0.479 e. The van der Waals surface area contributed by atoms with E-state index in [-0.39, 0.29) is 5.56 Å². The molecule has 6 nitrogen and oxygen atoms in total. The van der Waals surface area contributed by atoms with Crippen molar-refractivity contribution in [1.29, 1.82) is 0 Å². The average Bonchev–Trinajstić information content (AvgIpc) is 2.96. The molecule has 1 amide bonds. The predicted octanol–water partition coefficient (Wildman–Crippen LogP) is 2.16. The Morgan fingerprint density at radius 2 is 1.80 bits per heavy atom. The molecule has 1 atom stereocenters. The van der Waals surface area contributed by atoms with Crippen LogP contribution in [0, 0.1) is 5.82 Å². The van der Waals surface area contributed by atoms with Crippen LogP contribution in [0.15, 0.2) is 36.5 Å². The van der Waals surface area contributed by atoms with E-state index in [1.807, 2.05) is 0 Å². The van der Waals surface area contributed by atoms with Gasteiger partial charge in [-0.1, -0.05) is 12.1 Å². The van der Waals surface area contributed by atoms with Crippen molar-refractivity contribution in [2.24, 2.45) is 0 Å². The van der Waals surface area contributed by atoms with Crippen LogP contribution in [0.2, 0.25) is 0 Å². The number of halogens is 4. The summed E-state index contributed by atoms with van der Waals surface area (Å²) in [7, 11) is 0. The van der Waals surface area contributed by atoms with Crippen LogP contribution in [0.5, 0.6) is 0 Å². The highest BCUT2D eigenvalue weighted by Crippen LogP contribution is 2.27. The first-order chi connectivity index (χ1) is 11.5. The van der Waals surface area contributed by atoms with E-state index in [4.69, 9.17) is 0 Å². The molecule has 0 spiro atoms. The van der Waals surface area contributed by atoms with Crippen molar-refractivity contribution in [3.05, 3.63) is 53.6 Å². The fourth-order valence-electron chi connectivity index (χ4n) is 2.10. The molecule has 1 heterocycles. The summed E-state index contributed by atoms with van der Waals surface area (Å²) in [6, 6.07) is 5.15. The average molecular weight is 359 g/mol. The number of carbonyl (C=O) groups excluding carboxylic acids is 1. The van der Waals surface area contributed by atoms with Crippen LogP contribution in [0.3, 0.4) is 0 Å². The number of alkyl halides is 3. The van der Waals surface area contributed by atoms with Crippen LogP contribution in [-0.2, 0) is 27.8 Å². The first kappa shape index (κ1) is 18.4. The summed E-state index contributed by atoms with van der Waals surface area (Å²) in [5, 5.41) is 14.8. The van der Waals surface area contributed by atoms with E-state index in [2.05, 4.69) is 10.4 Å². The van der Waals surface area contributed by atoms with Crippen LogP contribution in [-0.4, -0.2) is 26.8 Å². The fourth-order valence-corrected chi connectivity index (χ4v) is 2.10. The van der Waals surface area contributed by atoms with Gasteiger partial charge in [-0.25, -0.2) is 9.18 Å². The van der Waals surface area contributed by atoms with Gasteiger partial charge in [-0.3, -0.25) is 9.48 Å². The number of carboxylic acids is 1. The van der Waals surface area contributed by atoms with Crippen LogP contribution >= 0.6 is 0 Å². The third kappa shape index (κ3) is 4.14. The van der Waals surface area contributed by atoms with Crippen molar-refractivity contribution >= 4 is 11.9 Å². The molecule has 2 rings (SSSR count). The number of amides is 1. The highest BCUT2D eigenvalue weighted by molar-refractivity contribution is 5.87. The topological polar surface area (TPSA) is 84.2 Å². The van der Waals surface area contributed by atoms with Crippen LogP contribution in [0.4, 0.5) is 17.6 Å². The number of hydrogen-bond acceptors (Lipinski definition) is 3. The van der Waals surface area contributed by atoms with Gasteiger partial charge in [0.25, 0.3) is 0 Å². The summed E-state index contributed by atoms with van der Waals surface area (Å²) in [6.45, 7) is 0.574. The Morgan fingerprint density at radius 1 is 1.20 bits per heavy atom. The van der Waals surface area contributed by atoms with Crippen molar-refractivity contribution in [3.8, 4) is 0 Å². The number of hydrogen-bond donors (Lipinski definition) is 2. The lowest BCUT2D eigenvalue weighted by atomic mass is 9.92. The molecule has 1 aromatic heterocycles. The number of aromatic nitrogens is 2. The number of carboxylic acid groups (broad SMARTS) is 1. The van der Waals surface area contributed by atoms with Crippen molar-refractivity contribution < 1.29 is 32.3 Å². The third-order valence-corrected chi connectivity index (χ3v) is 3.48. The molecule has 0 aliphatic carbocycles. The zero-order valence-electron chi connectivity index (χ0n) is 12.8. The highest BCUT2D eigenvalue weighted by Gasteiger charge is 2.37. The molecular weight excluding hydrogens is 346 g/mol. The number of nitrogens with one attached hydrogen (secondary N) is 1. The van der Waals surface area contributed by atoms with E-state index in [0.29, 0.717) is 6.07 Å². The molecular formula is C15H13F4N3O3. The van der Waals surface area contributed by atoms with Gasteiger partial charge in [0.05, 0.1) is 0 Å². The maximum Gasteiger partial charge on any atom is 0.435 e. The fraction of sp³-hybridized carbons (Fsp3) is 0.267. The Kier molecular flexibility index (Phi) is 4.82. The molecule has 0 radical (unpaired) electrons. The van der Waals surface area contributed by atoms with Gasteiger partial charge in [0.1, 0.15) is 12.4 Å². The Balaban J connectivity index is 2.17. The lowest BCUT2D eigenvalue weighted by Gasteiger charge is -2.26. The van der Waals surface area contributed by atoms with Gasteiger partial charge in [-0.15, -0.1) is 0 Å². The van der Waals surface area contributed by atoms with Gasteiger partial charge in [0, 0.05) is 6.20 Å². The first-order valence-corrected chi connectivity index (χ1v) is 6.93. The number of rotatable bonds is 5. The normalized spacial score (nSPS) is 14.0. The lowest BCUT2D eigenvalue weighted by Crippen LogP contribution is -2.50. The molecule has 25 heavy (non-hydrogen) atoms. The first-order valence-electron chi connectivity index (χ1n) is 6.93. The number of carbonyl (C=O) groups is 2. The van der Waals surface area contributed by atoms with E-state index < -0.39 is 41.6 Å². The monoisotopic (exact) mass is 359 g/mol. The van der Waals surface area contributed by atoms with Gasteiger partial charge < -0.3 is 10.4 Å². The molecule has 0 fully saturated rings. The Bertz CT molecular complexity index is 786. The van der Waals surface area contributed by atoms with E-state index in [0.717, 1.165) is 23.0 Å². The summed E-state index contributed by atoms with van der Waals surface area (Å²) in [4.78, 5) is 23.6. The SMILES string of the molecule is CC(NC(=O)Cn1ccc(C(F)(F)F)n1)(C(=O)O)c1ccc(F)cc1. The zero-order chi connectivity index (χ0) is 18.8. The van der Waals surface area contributed by atoms with Gasteiger partial charge in [-0.2, -0.15) is 18.3 Å². The maximum absolute atomic E-state index is 13.0. The molecule has 10 heteroatoms. The number of benzene rings is 1. The second-order valence-electron chi connectivity index (χ2n) is 5.38. The minimum Gasteiger partial charge on any atom is -0.479 e. The zero-order valence-corrected chi connectivity index (χ0v) is 12.8. The van der Waals surface area contributed by atoms with Crippen molar-refractivity contribution in [2.75, 3.05) is 0 Å². The van der Waals surface area contributed by atoms with E-state index in [1.165, 1.54) is 19.1 Å². The molecule has 0 saturated heterocycles. The van der Waals surface area contributed by atoms with Gasteiger partial charge >= 0.3 is 12.1 Å². The van der Waals surface area contributed by atoms with Crippen molar-refractivity contribution in [1.82, 2.24) is 15.1 Å². The molecule has 0 bridgehead atoms. The molecule has 2 N–H and O–H groups in total. The summed E-state index contributed by atoms with van der Waals surface area (Å²) in [5.41, 5.74) is -2.95. The molecule has 1 unspecified atom stereocenters. The van der Waals surface area contributed by atoms with Crippen LogP contribution in [0.1, 0.15) is 18.2 Å². The highest BCUT2D eigenvalue weighted by atomic mass is 19.4. The van der Waals surface area contributed by atoms with Gasteiger partial charge in [0.15, 0.2) is 11.2 Å². The third-order valence-electron chi connectivity index (χ3n) is 3.48. The quantitative estimate of drug-likeness (QED) is 0.802. The molecule has 0 saturated carbocycles. The molecule has 1 aromatic carbocycles. The summed E-state index contributed by atoms with van der Waals surface area (Å²) in [6.07, 6.45) is -3.69. The van der Waals surface area contributed by atoms with E-state index >= 15 is 0 Å². The van der Waals surface area contributed by atoms with Gasteiger partial charge in [0.2, 0.25) is 5.91 Å². The number of nitrogens with zero attached hydrogens (tertiary/aromatic N) is 2. The second kappa shape index (κ2) is 6.54.